The standard InChI is InChI=1S/C14H26N2O.ClH/c1-11-10-13(7-9-15-11)14(17)16-8-6-12-4-2-3-5-12;/h11-13,15H,2-10H2,1H3,(H,16,17);1H/t11-,13-;/m0./s1. The Hall–Kier alpha value is -0.280. The van der Waals surface area contributed by atoms with Crippen molar-refractivity contribution in [1.29, 1.82) is 0 Å². The third-order valence-electron chi connectivity index (χ3n) is 4.32. The molecule has 4 heteroatoms. The van der Waals surface area contributed by atoms with Gasteiger partial charge in [0.1, 0.15) is 0 Å². The summed E-state index contributed by atoms with van der Waals surface area (Å²) >= 11 is 0. The maximum atomic E-state index is 12.0. The first-order valence-electron chi connectivity index (χ1n) is 7.27. The monoisotopic (exact) mass is 274 g/mol. The highest BCUT2D eigenvalue weighted by atomic mass is 35.5. The first-order valence-corrected chi connectivity index (χ1v) is 7.27. The highest BCUT2D eigenvalue weighted by Gasteiger charge is 2.24. The van der Waals surface area contributed by atoms with Gasteiger partial charge in [-0.05, 0) is 38.6 Å². The average Bonchev–Trinajstić information content (AvgIpc) is 2.82. The first-order chi connectivity index (χ1) is 8.25. The largest absolute Gasteiger partial charge is 0.356 e. The summed E-state index contributed by atoms with van der Waals surface area (Å²) in [7, 11) is 0. The fraction of sp³-hybridized carbons (Fsp3) is 0.929. The molecule has 2 fully saturated rings. The molecule has 18 heavy (non-hydrogen) atoms. The van der Waals surface area contributed by atoms with E-state index in [2.05, 4.69) is 17.6 Å². The van der Waals surface area contributed by atoms with Gasteiger partial charge in [-0.2, -0.15) is 0 Å². The Bertz CT molecular complexity index is 254. The van der Waals surface area contributed by atoms with E-state index < -0.39 is 0 Å². The molecule has 1 saturated heterocycles. The molecule has 1 saturated carbocycles. The van der Waals surface area contributed by atoms with E-state index in [9.17, 15) is 4.79 Å². The minimum Gasteiger partial charge on any atom is -0.356 e. The molecule has 1 aliphatic heterocycles. The van der Waals surface area contributed by atoms with Crippen LogP contribution in [0, 0.1) is 11.8 Å². The Balaban J connectivity index is 0.00000162. The van der Waals surface area contributed by atoms with Crippen LogP contribution in [0.3, 0.4) is 0 Å². The summed E-state index contributed by atoms with van der Waals surface area (Å²) in [5.74, 6) is 1.41. The van der Waals surface area contributed by atoms with E-state index in [1.54, 1.807) is 0 Å². The fourth-order valence-corrected chi connectivity index (χ4v) is 3.21. The smallest absolute Gasteiger partial charge is 0.223 e. The second-order valence-corrected chi connectivity index (χ2v) is 5.81. The number of nitrogens with one attached hydrogen (secondary N) is 2. The molecule has 2 atom stereocenters. The molecule has 0 aromatic heterocycles. The van der Waals surface area contributed by atoms with Gasteiger partial charge in [0.05, 0.1) is 0 Å². The van der Waals surface area contributed by atoms with Crippen LogP contribution in [-0.4, -0.2) is 25.0 Å². The van der Waals surface area contributed by atoms with E-state index in [0.717, 1.165) is 31.8 Å². The van der Waals surface area contributed by atoms with Crippen LogP contribution in [0.1, 0.15) is 51.9 Å². The minimum atomic E-state index is 0. The topological polar surface area (TPSA) is 41.1 Å². The molecular weight excluding hydrogens is 248 g/mol. The van der Waals surface area contributed by atoms with Gasteiger partial charge in [-0.1, -0.05) is 25.7 Å². The van der Waals surface area contributed by atoms with Crippen LogP contribution in [0.2, 0.25) is 0 Å². The van der Waals surface area contributed by atoms with Crippen molar-refractivity contribution in [2.45, 2.75) is 57.9 Å². The van der Waals surface area contributed by atoms with Crippen molar-refractivity contribution in [3.8, 4) is 0 Å². The molecule has 1 heterocycles. The molecule has 1 aliphatic carbocycles. The van der Waals surface area contributed by atoms with Crippen LogP contribution >= 0.6 is 12.4 Å². The highest BCUT2D eigenvalue weighted by Crippen LogP contribution is 2.27. The van der Waals surface area contributed by atoms with E-state index in [1.807, 2.05) is 0 Å². The number of piperidine rings is 1. The molecule has 3 nitrogen and oxygen atoms in total. The molecule has 106 valence electrons. The number of amides is 1. The molecular formula is C14H27ClN2O. The van der Waals surface area contributed by atoms with Gasteiger partial charge in [0.15, 0.2) is 0 Å². The van der Waals surface area contributed by atoms with E-state index in [-0.39, 0.29) is 24.2 Å². The van der Waals surface area contributed by atoms with Gasteiger partial charge in [0, 0.05) is 18.5 Å². The number of hydrogen-bond donors (Lipinski definition) is 2. The quantitative estimate of drug-likeness (QED) is 0.827. The van der Waals surface area contributed by atoms with Gasteiger partial charge >= 0.3 is 0 Å². The highest BCUT2D eigenvalue weighted by molar-refractivity contribution is 5.85. The predicted octanol–water partition coefficient (Wildman–Crippen LogP) is 2.49. The van der Waals surface area contributed by atoms with Crippen molar-refractivity contribution in [3.05, 3.63) is 0 Å². The van der Waals surface area contributed by atoms with Gasteiger partial charge in [-0.3, -0.25) is 4.79 Å². The van der Waals surface area contributed by atoms with Gasteiger partial charge in [-0.15, -0.1) is 12.4 Å². The number of hydrogen-bond acceptors (Lipinski definition) is 2. The molecule has 0 aromatic carbocycles. The molecule has 0 radical (unpaired) electrons. The number of rotatable bonds is 4. The van der Waals surface area contributed by atoms with Crippen LogP contribution in [-0.2, 0) is 4.79 Å². The third-order valence-corrected chi connectivity index (χ3v) is 4.32. The molecule has 0 spiro atoms. The second-order valence-electron chi connectivity index (χ2n) is 5.81. The maximum Gasteiger partial charge on any atom is 0.223 e. The molecule has 0 aromatic rings. The predicted molar refractivity (Wildman–Crippen MR) is 77.0 cm³/mol. The van der Waals surface area contributed by atoms with Crippen molar-refractivity contribution in [2.75, 3.05) is 13.1 Å². The molecule has 2 N–H and O–H groups in total. The second kappa shape index (κ2) is 8.00. The number of carbonyl (C=O) groups excluding carboxylic acids is 1. The lowest BCUT2D eigenvalue weighted by molar-refractivity contribution is -0.126. The summed E-state index contributed by atoms with van der Waals surface area (Å²) in [5.41, 5.74) is 0. The summed E-state index contributed by atoms with van der Waals surface area (Å²) in [5, 5.41) is 6.52. The summed E-state index contributed by atoms with van der Waals surface area (Å²) in [6, 6.07) is 0.495. The lowest BCUT2D eigenvalue weighted by atomic mass is 9.92. The van der Waals surface area contributed by atoms with E-state index >= 15 is 0 Å². The molecule has 0 unspecified atom stereocenters. The zero-order valence-electron chi connectivity index (χ0n) is 11.4. The first kappa shape index (κ1) is 15.8. The van der Waals surface area contributed by atoms with Crippen molar-refractivity contribution < 1.29 is 4.79 Å². The van der Waals surface area contributed by atoms with E-state index in [0.29, 0.717) is 6.04 Å². The Morgan fingerprint density at radius 1 is 1.28 bits per heavy atom. The average molecular weight is 275 g/mol. The molecule has 1 amide bonds. The normalized spacial score (nSPS) is 28.7. The van der Waals surface area contributed by atoms with Crippen LogP contribution in [0.4, 0.5) is 0 Å². The summed E-state index contributed by atoms with van der Waals surface area (Å²) < 4.78 is 0. The van der Waals surface area contributed by atoms with Crippen LogP contribution in [0.5, 0.6) is 0 Å². The number of halogens is 1. The molecule has 0 bridgehead atoms. The van der Waals surface area contributed by atoms with Crippen molar-refractivity contribution >= 4 is 18.3 Å². The van der Waals surface area contributed by atoms with Gasteiger partial charge in [0.2, 0.25) is 5.91 Å². The van der Waals surface area contributed by atoms with E-state index in [1.165, 1.54) is 32.1 Å². The van der Waals surface area contributed by atoms with Gasteiger partial charge in [0.25, 0.3) is 0 Å². The zero-order chi connectivity index (χ0) is 12.1. The Labute approximate surface area is 117 Å². The summed E-state index contributed by atoms with van der Waals surface area (Å²) in [4.78, 5) is 12.0. The van der Waals surface area contributed by atoms with Crippen molar-refractivity contribution in [2.24, 2.45) is 11.8 Å². The zero-order valence-corrected chi connectivity index (χ0v) is 12.2. The lowest BCUT2D eigenvalue weighted by Gasteiger charge is -2.27. The fourth-order valence-electron chi connectivity index (χ4n) is 3.21. The van der Waals surface area contributed by atoms with Crippen molar-refractivity contribution in [3.63, 3.8) is 0 Å². The van der Waals surface area contributed by atoms with Crippen LogP contribution in [0.15, 0.2) is 0 Å². The molecule has 2 aliphatic rings. The third kappa shape index (κ3) is 4.77. The number of carbonyl (C=O) groups is 1. The Morgan fingerprint density at radius 3 is 2.67 bits per heavy atom. The van der Waals surface area contributed by atoms with Crippen molar-refractivity contribution in [1.82, 2.24) is 10.6 Å². The SMILES string of the molecule is C[C@H]1C[C@@H](C(=O)NCCC2CCCC2)CCN1.Cl. The minimum absolute atomic E-state index is 0. The maximum absolute atomic E-state index is 12.0. The summed E-state index contributed by atoms with van der Waals surface area (Å²) in [6.07, 6.45) is 8.72. The van der Waals surface area contributed by atoms with Gasteiger partial charge < -0.3 is 10.6 Å². The van der Waals surface area contributed by atoms with Crippen LogP contribution in [0.25, 0.3) is 0 Å². The van der Waals surface area contributed by atoms with E-state index in [4.69, 9.17) is 0 Å². The van der Waals surface area contributed by atoms with Crippen LogP contribution < -0.4 is 10.6 Å². The van der Waals surface area contributed by atoms with Gasteiger partial charge in [-0.25, -0.2) is 0 Å². The lowest BCUT2D eigenvalue weighted by Crippen LogP contribution is -2.42. The summed E-state index contributed by atoms with van der Waals surface area (Å²) in [6.45, 7) is 4.04. The molecule has 2 rings (SSSR count). The Morgan fingerprint density at radius 2 is 2.00 bits per heavy atom. The Kier molecular flexibility index (Phi) is 7.02.